The van der Waals surface area contributed by atoms with Gasteiger partial charge < -0.3 is 10.7 Å². The Morgan fingerprint density at radius 3 is 2.63 bits per heavy atom. The molecule has 0 amide bonds. The minimum Gasteiger partial charge on any atom is -0.367 e. The van der Waals surface area contributed by atoms with Gasteiger partial charge in [-0.05, 0) is 25.3 Å². The molecule has 0 aliphatic rings. The number of nitrogens with zero attached hydrogens (tertiary/aromatic N) is 2. The molecule has 1 heterocycles. The Balaban J connectivity index is 1.85. The maximum absolute atomic E-state index is 5.32. The number of nitrogens with one attached hydrogen (secondary N) is 2. The molecular weight excluding hydrogens is 238 g/mol. The first kappa shape index (κ1) is 13.3. The summed E-state index contributed by atoms with van der Waals surface area (Å²) < 4.78 is 0. The molecule has 0 aliphatic heterocycles. The van der Waals surface area contributed by atoms with Gasteiger partial charge in [0.25, 0.3) is 0 Å². The zero-order chi connectivity index (χ0) is 13.5. The predicted molar refractivity (Wildman–Crippen MR) is 77.7 cm³/mol. The van der Waals surface area contributed by atoms with E-state index in [1.807, 2.05) is 6.07 Å². The number of hydrazine groups is 1. The smallest absolute Gasteiger partial charge is 0.145 e. The minimum atomic E-state index is 0.334. The summed E-state index contributed by atoms with van der Waals surface area (Å²) in [5.41, 5.74) is 3.86. The lowest BCUT2D eigenvalue weighted by atomic mass is 10.1. The van der Waals surface area contributed by atoms with E-state index in [1.165, 1.54) is 11.9 Å². The van der Waals surface area contributed by atoms with E-state index in [1.54, 1.807) is 6.07 Å². The molecule has 0 fully saturated rings. The third-order valence-corrected chi connectivity index (χ3v) is 2.92. The molecule has 0 aliphatic carbocycles. The van der Waals surface area contributed by atoms with E-state index in [9.17, 15) is 0 Å². The molecule has 5 nitrogen and oxygen atoms in total. The van der Waals surface area contributed by atoms with Crippen LogP contribution in [0.1, 0.15) is 18.9 Å². The lowest BCUT2D eigenvalue weighted by Gasteiger charge is -2.14. The SMILES string of the molecule is CC(CCc1ccccc1)Nc1cc(NN)ncn1. The van der Waals surface area contributed by atoms with E-state index in [0.717, 1.165) is 18.7 Å². The summed E-state index contributed by atoms with van der Waals surface area (Å²) in [5, 5.41) is 3.34. The van der Waals surface area contributed by atoms with Gasteiger partial charge in [0.1, 0.15) is 18.0 Å². The van der Waals surface area contributed by atoms with Crippen molar-refractivity contribution in [3.05, 3.63) is 48.3 Å². The molecule has 4 N–H and O–H groups in total. The molecule has 1 atom stereocenters. The first-order valence-electron chi connectivity index (χ1n) is 6.37. The van der Waals surface area contributed by atoms with Gasteiger partial charge in [0, 0.05) is 12.1 Å². The lowest BCUT2D eigenvalue weighted by Crippen LogP contribution is -2.17. The highest BCUT2D eigenvalue weighted by molar-refractivity contribution is 5.46. The van der Waals surface area contributed by atoms with Gasteiger partial charge in [0.15, 0.2) is 0 Å². The molecule has 5 heteroatoms. The van der Waals surface area contributed by atoms with Gasteiger partial charge in [-0.25, -0.2) is 15.8 Å². The second-order valence-electron chi connectivity index (χ2n) is 4.50. The van der Waals surface area contributed by atoms with Crippen molar-refractivity contribution < 1.29 is 0 Å². The summed E-state index contributed by atoms with van der Waals surface area (Å²) in [7, 11) is 0. The lowest BCUT2D eigenvalue weighted by molar-refractivity contribution is 0.702. The van der Waals surface area contributed by atoms with Crippen molar-refractivity contribution in [1.82, 2.24) is 9.97 Å². The van der Waals surface area contributed by atoms with Crippen LogP contribution in [0, 0.1) is 0 Å². The van der Waals surface area contributed by atoms with E-state index in [0.29, 0.717) is 11.9 Å². The fraction of sp³-hybridized carbons (Fsp3) is 0.286. The molecule has 1 aromatic carbocycles. The Hall–Kier alpha value is -2.14. The third kappa shape index (κ3) is 4.22. The van der Waals surface area contributed by atoms with E-state index < -0.39 is 0 Å². The Labute approximate surface area is 113 Å². The molecule has 0 saturated heterocycles. The third-order valence-electron chi connectivity index (χ3n) is 2.92. The number of aromatic nitrogens is 2. The van der Waals surface area contributed by atoms with Crippen molar-refractivity contribution in [2.24, 2.45) is 5.84 Å². The number of hydrogen-bond acceptors (Lipinski definition) is 5. The highest BCUT2D eigenvalue weighted by Gasteiger charge is 2.04. The number of anilines is 2. The number of nitrogens with two attached hydrogens (primary N) is 1. The standard InChI is InChI=1S/C14H19N5/c1-11(7-8-12-5-3-2-4-6-12)18-13-9-14(19-15)17-10-16-13/h2-6,9-11H,7-8,15H2,1H3,(H2,16,17,18,19). The van der Waals surface area contributed by atoms with Gasteiger partial charge in [-0.2, -0.15) is 0 Å². The van der Waals surface area contributed by atoms with Gasteiger partial charge >= 0.3 is 0 Å². The van der Waals surface area contributed by atoms with Crippen LogP contribution in [0.3, 0.4) is 0 Å². The van der Waals surface area contributed by atoms with Gasteiger partial charge in [-0.15, -0.1) is 0 Å². The summed E-state index contributed by atoms with van der Waals surface area (Å²) >= 11 is 0. The zero-order valence-corrected chi connectivity index (χ0v) is 11.0. The van der Waals surface area contributed by atoms with Crippen LogP contribution in [-0.2, 0) is 6.42 Å². The summed E-state index contributed by atoms with van der Waals surface area (Å²) in [5.74, 6) is 6.70. The number of benzene rings is 1. The maximum Gasteiger partial charge on any atom is 0.145 e. The van der Waals surface area contributed by atoms with E-state index in [2.05, 4.69) is 51.9 Å². The van der Waals surface area contributed by atoms with Crippen LogP contribution in [0.25, 0.3) is 0 Å². The highest BCUT2D eigenvalue weighted by Crippen LogP contribution is 2.11. The quantitative estimate of drug-likeness (QED) is 0.546. The predicted octanol–water partition coefficient (Wildman–Crippen LogP) is 2.20. The van der Waals surface area contributed by atoms with Gasteiger partial charge in [0.05, 0.1) is 0 Å². The number of aryl methyl sites for hydroxylation is 1. The van der Waals surface area contributed by atoms with Gasteiger partial charge in [0.2, 0.25) is 0 Å². The van der Waals surface area contributed by atoms with Crippen molar-refractivity contribution in [3.63, 3.8) is 0 Å². The number of rotatable bonds is 6. The largest absolute Gasteiger partial charge is 0.367 e. The Morgan fingerprint density at radius 1 is 1.16 bits per heavy atom. The first-order valence-corrected chi connectivity index (χ1v) is 6.37. The molecule has 2 rings (SSSR count). The molecule has 0 bridgehead atoms. The number of nitrogen functional groups attached to an aromatic ring is 1. The second-order valence-corrected chi connectivity index (χ2v) is 4.50. The topological polar surface area (TPSA) is 75.9 Å². The van der Waals surface area contributed by atoms with Crippen LogP contribution in [0.2, 0.25) is 0 Å². The van der Waals surface area contributed by atoms with Gasteiger partial charge in [-0.3, -0.25) is 0 Å². The Morgan fingerprint density at radius 2 is 1.89 bits per heavy atom. The Kier molecular flexibility index (Phi) is 4.69. The summed E-state index contributed by atoms with van der Waals surface area (Å²) in [6, 6.07) is 12.6. The number of hydrogen-bond donors (Lipinski definition) is 3. The molecule has 19 heavy (non-hydrogen) atoms. The average Bonchev–Trinajstić information content (AvgIpc) is 2.46. The van der Waals surface area contributed by atoms with Crippen LogP contribution < -0.4 is 16.6 Å². The normalized spacial score (nSPS) is 11.9. The summed E-state index contributed by atoms with van der Waals surface area (Å²) in [4.78, 5) is 8.14. The molecule has 0 radical (unpaired) electrons. The van der Waals surface area contributed by atoms with E-state index in [4.69, 9.17) is 5.84 Å². The molecule has 0 spiro atoms. The van der Waals surface area contributed by atoms with Crippen LogP contribution >= 0.6 is 0 Å². The average molecular weight is 257 g/mol. The van der Waals surface area contributed by atoms with E-state index >= 15 is 0 Å². The van der Waals surface area contributed by atoms with Crippen LogP contribution in [0.5, 0.6) is 0 Å². The molecular formula is C14H19N5. The zero-order valence-electron chi connectivity index (χ0n) is 11.0. The maximum atomic E-state index is 5.32. The Bertz CT molecular complexity index is 500. The first-order chi connectivity index (χ1) is 9.28. The highest BCUT2D eigenvalue weighted by atomic mass is 15.3. The van der Waals surface area contributed by atoms with Crippen molar-refractivity contribution >= 4 is 11.6 Å². The van der Waals surface area contributed by atoms with Crippen LogP contribution in [-0.4, -0.2) is 16.0 Å². The molecule has 1 aromatic heterocycles. The van der Waals surface area contributed by atoms with Crippen molar-refractivity contribution in [2.75, 3.05) is 10.7 Å². The fourth-order valence-corrected chi connectivity index (χ4v) is 1.87. The van der Waals surface area contributed by atoms with Crippen molar-refractivity contribution in [3.8, 4) is 0 Å². The van der Waals surface area contributed by atoms with Gasteiger partial charge in [-0.1, -0.05) is 30.3 Å². The monoisotopic (exact) mass is 257 g/mol. The minimum absolute atomic E-state index is 0.334. The molecule has 2 aromatic rings. The van der Waals surface area contributed by atoms with Crippen molar-refractivity contribution in [2.45, 2.75) is 25.8 Å². The summed E-state index contributed by atoms with van der Waals surface area (Å²) in [6.07, 6.45) is 3.57. The summed E-state index contributed by atoms with van der Waals surface area (Å²) in [6.45, 7) is 2.14. The van der Waals surface area contributed by atoms with Crippen molar-refractivity contribution in [1.29, 1.82) is 0 Å². The second kappa shape index (κ2) is 6.70. The fourth-order valence-electron chi connectivity index (χ4n) is 1.87. The van der Waals surface area contributed by atoms with E-state index in [-0.39, 0.29) is 0 Å². The molecule has 0 saturated carbocycles. The van der Waals surface area contributed by atoms with Crippen LogP contribution in [0.4, 0.5) is 11.6 Å². The van der Waals surface area contributed by atoms with Crippen LogP contribution in [0.15, 0.2) is 42.7 Å². The molecule has 100 valence electrons. The molecule has 1 unspecified atom stereocenters.